The van der Waals surface area contributed by atoms with Crippen LogP contribution in [0.2, 0.25) is 0 Å². The minimum absolute atomic E-state index is 0.550. The third-order valence-electron chi connectivity index (χ3n) is 10.7. The highest BCUT2D eigenvalue weighted by Gasteiger charge is 2.22. The van der Waals surface area contributed by atoms with Crippen molar-refractivity contribution in [1.29, 1.82) is 0 Å². The number of para-hydroxylation sites is 3. The summed E-state index contributed by atoms with van der Waals surface area (Å²) in [5, 5.41) is 4.36. The summed E-state index contributed by atoms with van der Waals surface area (Å²) in [5.74, 6) is 1.74. The van der Waals surface area contributed by atoms with Gasteiger partial charge >= 0.3 is 0 Å². The van der Waals surface area contributed by atoms with E-state index < -0.39 is 0 Å². The molecule has 0 saturated carbocycles. The molecule has 0 radical (unpaired) electrons. The topological polar surface area (TPSA) is 56.7 Å². The quantitative estimate of drug-likeness (QED) is 0.172. The summed E-state index contributed by atoms with van der Waals surface area (Å²) in [7, 11) is 0. The molecule has 0 saturated heterocycles. The Bertz CT molecular complexity index is 3100. The molecular weight excluding hydrogens is 685 g/mol. The van der Waals surface area contributed by atoms with Crippen LogP contribution in [0.3, 0.4) is 0 Å². The van der Waals surface area contributed by atoms with Gasteiger partial charge in [-0.05, 0) is 52.6 Å². The minimum Gasteiger partial charge on any atom is -0.453 e. The molecule has 3 aromatic heterocycles. The first-order valence-corrected chi connectivity index (χ1v) is 18.8. The lowest BCUT2D eigenvalue weighted by Gasteiger charge is -2.10. The highest BCUT2D eigenvalue weighted by molar-refractivity contribution is 6.22. The number of hydrogen-bond acceptors (Lipinski definition) is 4. The largest absolute Gasteiger partial charge is 0.453 e. The van der Waals surface area contributed by atoms with Crippen LogP contribution in [0.1, 0.15) is 0 Å². The SMILES string of the molecule is c1ccc(-c2ccc(-c3nc(-c4ccc(-c5ccccc5)cc4)nc(-c4cccc5c4oc4c5ccc5c6ccccc6n(-c6ccccc6)c54)n3)cc2)cc1. The smallest absolute Gasteiger partial charge is 0.167 e. The zero-order valence-electron chi connectivity index (χ0n) is 30.2. The summed E-state index contributed by atoms with van der Waals surface area (Å²) in [5.41, 5.74) is 12.0. The first-order chi connectivity index (χ1) is 27.8. The Morgan fingerprint density at radius 1 is 0.321 bits per heavy atom. The summed E-state index contributed by atoms with van der Waals surface area (Å²) in [6, 6.07) is 67.3. The number of hydrogen-bond donors (Lipinski definition) is 0. The number of furan rings is 1. The van der Waals surface area contributed by atoms with Crippen LogP contribution < -0.4 is 0 Å². The lowest BCUT2D eigenvalue weighted by Crippen LogP contribution is -2.00. The molecule has 5 heteroatoms. The molecule has 0 bridgehead atoms. The lowest BCUT2D eigenvalue weighted by atomic mass is 10.0. The number of benzene rings is 8. The van der Waals surface area contributed by atoms with E-state index in [1.807, 2.05) is 18.2 Å². The van der Waals surface area contributed by atoms with Crippen LogP contribution in [0.4, 0.5) is 0 Å². The maximum Gasteiger partial charge on any atom is 0.167 e. The van der Waals surface area contributed by atoms with E-state index >= 15 is 0 Å². The van der Waals surface area contributed by atoms with Gasteiger partial charge < -0.3 is 8.98 Å². The van der Waals surface area contributed by atoms with Crippen molar-refractivity contribution in [3.05, 3.63) is 194 Å². The lowest BCUT2D eigenvalue weighted by molar-refractivity contribution is 0.671. The summed E-state index contributed by atoms with van der Waals surface area (Å²) < 4.78 is 9.35. The van der Waals surface area contributed by atoms with Crippen molar-refractivity contribution in [2.45, 2.75) is 0 Å². The van der Waals surface area contributed by atoms with Gasteiger partial charge in [-0.15, -0.1) is 0 Å². The van der Waals surface area contributed by atoms with Gasteiger partial charge in [0.25, 0.3) is 0 Å². The summed E-state index contributed by atoms with van der Waals surface area (Å²) in [4.78, 5) is 15.4. The predicted octanol–water partition coefficient (Wildman–Crippen LogP) is 13.2. The van der Waals surface area contributed by atoms with Crippen LogP contribution in [0, 0.1) is 0 Å². The van der Waals surface area contributed by atoms with Gasteiger partial charge in [-0.1, -0.05) is 164 Å². The van der Waals surface area contributed by atoms with Crippen molar-refractivity contribution in [2.75, 3.05) is 0 Å². The van der Waals surface area contributed by atoms with E-state index in [0.29, 0.717) is 17.5 Å². The fourth-order valence-corrected chi connectivity index (χ4v) is 7.96. The van der Waals surface area contributed by atoms with E-state index in [-0.39, 0.29) is 0 Å². The van der Waals surface area contributed by atoms with Gasteiger partial charge in [0.15, 0.2) is 23.1 Å². The second-order valence-electron chi connectivity index (χ2n) is 14.0. The van der Waals surface area contributed by atoms with Crippen LogP contribution in [0.5, 0.6) is 0 Å². The highest BCUT2D eigenvalue weighted by atomic mass is 16.3. The van der Waals surface area contributed by atoms with E-state index in [9.17, 15) is 0 Å². The van der Waals surface area contributed by atoms with Crippen molar-refractivity contribution in [1.82, 2.24) is 19.5 Å². The van der Waals surface area contributed by atoms with Gasteiger partial charge in [-0.2, -0.15) is 0 Å². The maximum absolute atomic E-state index is 7.04. The Morgan fingerprint density at radius 3 is 1.41 bits per heavy atom. The summed E-state index contributed by atoms with van der Waals surface area (Å²) in [6.45, 7) is 0. The van der Waals surface area contributed by atoms with E-state index in [1.165, 1.54) is 5.39 Å². The zero-order valence-corrected chi connectivity index (χ0v) is 30.2. The van der Waals surface area contributed by atoms with Gasteiger partial charge in [0.1, 0.15) is 5.58 Å². The van der Waals surface area contributed by atoms with Crippen molar-refractivity contribution in [3.63, 3.8) is 0 Å². The second kappa shape index (κ2) is 13.0. The average molecular weight is 717 g/mol. The third-order valence-corrected chi connectivity index (χ3v) is 10.7. The van der Waals surface area contributed by atoms with Crippen LogP contribution in [0.15, 0.2) is 199 Å². The number of fused-ring (bicyclic) bond motifs is 7. The van der Waals surface area contributed by atoms with Crippen LogP contribution in [-0.4, -0.2) is 19.5 Å². The fraction of sp³-hybridized carbons (Fsp3) is 0. The molecule has 0 aliphatic heterocycles. The molecule has 0 atom stereocenters. The second-order valence-corrected chi connectivity index (χ2v) is 14.0. The molecule has 8 aromatic carbocycles. The molecule has 0 aliphatic rings. The van der Waals surface area contributed by atoms with E-state index in [1.54, 1.807) is 0 Å². The van der Waals surface area contributed by atoms with Crippen molar-refractivity contribution < 1.29 is 4.42 Å². The van der Waals surface area contributed by atoms with Gasteiger partial charge in [0.05, 0.1) is 16.6 Å². The van der Waals surface area contributed by atoms with Crippen molar-refractivity contribution in [3.8, 4) is 62.1 Å². The minimum atomic E-state index is 0.550. The third kappa shape index (κ3) is 5.29. The summed E-state index contributed by atoms with van der Waals surface area (Å²) >= 11 is 0. The number of aromatic nitrogens is 4. The standard InChI is InChI=1S/C51H32N4O/c1-4-13-33(14-5-1)35-23-27-37(28-24-35)49-52-50(38-29-25-36(26-30-38)34-15-6-2-7-16-34)54-51(53-49)44-21-12-20-42-43-32-31-41-40-19-10-11-22-45(40)55(39-17-8-3-9-18-39)46(41)48(43)56-47(42)44/h1-32H. The van der Waals surface area contributed by atoms with Crippen molar-refractivity contribution in [2.24, 2.45) is 0 Å². The Hall–Kier alpha value is -7.63. The van der Waals surface area contributed by atoms with E-state index in [0.717, 1.165) is 83.0 Å². The molecular formula is C51H32N4O. The normalized spacial score (nSPS) is 11.6. The van der Waals surface area contributed by atoms with Crippen molar-refractivity contribution >= 4 is 43.7 Å². The fourth-order valence-electron chi connectivity index (χ4n) is 7.96. The summed E-state index contributed by atoms with van der Waals surface area (Å²) in [6.07, 6.45) is 0. The van der Waals surface area contributed by atoms with E-state index in [2.05, 4.69) is 180 Å². The average Bonchev–Trinajstić information content (AvgIpc) is 3.84. The molecule has 3 heterocycles. The van der Waals surface area contributed by atoms with Crippen LogP contribution >= 0.6 is 0 Å². The Kier molecular flexibility index (Phi) is 7.42. The van der Waals surface area contributed by atoms with Gasteiger partial charge in [-0.25, -0.2) is 15.0 Å². The zero-order chi connectivity index (χ0) is 37.0. The number of rotatable bonds is 6. The first-order valence-electron chi connectivity index (χ1n) is 18.8. The Morgan fingerprint density at radius 2 is 0.786 bits per heavy atom. The molecule has 262 valence electrons. The Balaban J connectivity index is 1.12. The highest BCUT2D eigenvalue weighted by Crippen LogP contribution is 2.42. The molecule has 5 nitrogen and oxygen atoms in total. The Labute approximate surface area is 322 Å². The molecule has 11 rings (SSSR count). The molecule has 0 aliphatic carbocycles. The molecule has 0 amide bonds. The molecule has 0 unspecified atom stereocenters. The molecule has 0 spiro atoms. The van der Waals surface area contributed by atoms with Gasteiger partial charge in [0.2, 0.25) is 0 Å². The predicted molar refractivity (Wildman–Crippen MR) is 229 cm³/mol. The first kappa shape index (κ1) is 31.9. The molecule has 0 fully saturated rings. The van der Waals surface area contributed by atoms with Crippen LogP contribution in [0.25, 0.3) is 106 Å². The molecule has 0 N–H and O–H groups in total. The molecule has 56 heavy (non-hydrogen) atoms. The van der Waals surface area contributed by atoms with E-state index in [4.69, 9.17) is 19.4 Å². The number of nitrogens with zero attached hydrogens (tertiary/aromatic N) is 4. The molecule has 11 aromatic rings. The van der Waals surface area contributed by atoms with Crippen LogP contribution in [-0.2, 0) is 0 Å². The van der Waals surface area contributed by atoms with Gasteiger partial charge in [0, 0.05) is 38.4 Å². The maximum atomic E-state index is 7.04. The van der Waals surface area contributed by atoms with Gasteiger partial charge in [-0.3, -0.25) is 0 Å². The monoisotopic (exact) mass is 716 g/mol.